The van der Waals surface area contributed by atoms with Crippen LogP contribution < -0.4 is 11.1 Å². The van der Waals surface area contributed by atoms with Crippen molar-refractivity contribution in [2.75, 3.05) is 0 Å². The molecule has 0 bridgehead atoms. The summed E-state index contributed by atoms with van der Waals surface area (Å²) in [6, 6.07) is 16.5. The normalized spacial score (nSPS) is 11.7. The summed E-state index contributed by atoms with van der Waals surface area (Å²) >= 11 is 0. The van der Waals surface area contributed by atoms with E-state index in [9.17, 15) is 9.59 Å². The smallest absolute Gasteiger partial charge is 0.240 e. The largest absolute Gasteiger partial charge is 0.368 e. The first-order valence-electron chi connectivity index (χ1n) is 7.23. The summed E-state index contributed by atoms with van der Waals surface area (Å²) in [5.74, 6) is -0.728. The molecule has 0 aliphatic rings. The maximum absolute atomic E-state index is 12.1. The number of rotatable bonds is 6. The molecule has 4 nitrogen and oxygen atoms in total. The Morgan fingerprint density at radius 1 is 1.05 bits per heavy atom. The van der Waals surface area contributed by atoms with Crippen molar-refractivity contribution < 1.29 is 9.59 Å². The summed E-state index contributed by atoms with van der Waals surface area (Å²) in [5, 5.41) is 2.73. The van der Waals surface area contributed by atoms with Crippen LogP contribution in [0.25, 0.3) is 0 Å². The predicted octanol–water partition coefficient (Wildman–Crippen LogP) is 1.75. The number of benzene rings is 2. The van der Waals surface area contributed by atoms with Crippen LogP contribution in [0.15, 0.2) is 54.6 Å². The molecule has 0 saturated carbocycles. The highest BCUT2D eigenvalue weighted by Crippen LogP contribution is 2.10. The van der Waals surface area contributed by atoms with Crippen molar-refractivity contribution in [3.8, 4) is 0 Å². The molecule has 2 rings (SSSR count). The van der Waals surface area contributed by atoms with Crippen LogP contribution in [0.5, 0.6) is 0 Å². The molecule has 1 atom stereocenters. The van der Waals surface area contributed by atoms with Gasteiger partial charge in [-0.3, -0.25) is 9.59 Å². The molecule has 3 N–H and O–H groups in total. The van der Waals surface area contributed by atoms with Crippen LogP contribution in [0.4, 0.5) is 0 Å². The molecule has 0 spiro atoms. The van der Waals surface area contributed by atoms with Crippen molar-refractivity contribution in [2.24, 2.45) is 5.73 Å². The van der Waals surface area contributed by atoms with E-state index >= 15 is 0 Å². The number of nitrogens with two attached hydrogens (primary N) is 1. The topological polar surface area (TPSA) is 72.2 Å². The van der Waals surface area contributed by atoms with Crippen LogP contribution in [-0.4, -0.2) is 17.9 Å². The zero-order valence-corrected chi connectivity index (χ0v) is 12.6. The zero-order chi connectivity index (χ0) is 15.9. The molecular formula is C18H20N2O2. The van der Waals surface area contributed by atoms with E-state index in [0.717, 1.165) is 16.7 Å². The Kier molecular flexibility index (Phi) is 5.31. The van der Waals surface area contributed by atoms with Gasteiger partial charge in [-0.05, 0) is 23.6 Å². The third-order valence-electron chi connectivity index (χ3n) is 3.57. The Morgan fingerprint density at radius 3 is 2.32 bits per heavy atom. The van der Waals surface area contributed by atoms with Gasteiger partial charge in [-0.2, -0.15) is 0 Å². The lowest BCUT2D eigenvalue weighted by Crippen LogP contribution is -2.46. The quantitative estimate of drug-likeness (QED) is 0.852. The summed E-state index contributed by atoms with van der Waals surface area (Å²) in [5.41, 5.74) is 8.41. The number of carbonyl (C=O) groups is 2. The molecule has 0 radical (unpaired) electrons. The summed E-state index contributed by atoms with van der Waals surface area (Å²) in [7, 11) is 0. The molecule has 22 heavy (non-hydrogen) atoms. The minimum absolute atomic E-state index is 0.205. The molecule has 0 aliphatic carbocycles. The molecule has 2 amide bonds. The van der Waals surface area contributed by atoms with Crippen LogP contribution in [0.1, 0.15) is 16.7 Å². The van der Waals surface area contributed by atoms with Crippen molar-refractivity contribution >= 4 is 11.8 Å². The van der Waals surface area contributed by atoms with Gasteiger partial charge in [0.25, 0.3) is 0 Å². The SMILES string of the molecule is Cc1ccccc1C[C@H](NC(=O)Cc1ccccc1)C(N)=O. The van der Waals surface area contributed by atoms with Crippen LogP contribution in [0, 0.1) is 6.92 Å². The highest BCUT2D eigenvalue weighted by atomic mass is 16.2. The van der Waals surface area contributed by atoms with E-state index in [1.165, 1.54) is 0 Å². The average Bonchev–Trinajstić information content (AvgIpc) is 2.49. The van der Waals surface area contributed by atoms with Gasteiger partial charge in [0.2, 0.25) is 11.8 Å². The minimum Gasteiger partial charge on any atom is -0.368 e. The van der Waals surface area contributed by atoms with Crippen molar-refractivity contribution in [1.82, 2.24) is 5.32 Å². The van der Waals surface area contributed by atoms with Crippen molar-refractivity contribution in [3.63, 3.8) is 0 Å². The molecule has 2 aromatic rings. The van der Waals surface area contributed by atoms with Crippen LogP contribution in [0.2, 0.25) is 0 Å². The predicted molar refractivity (Wildman–Crippen MR) is 86.2 cm³/mol. The first kappa shape index (κ1) is 15.8. The fourth-order valence-electron chi connectivity index (χ4n) is 2.31. The molecule has 114 valence electrons. The van der Waals surface area contributed by atoms with Crippen molar-refractivity contribution in [3.05, 3.63) is 71.3 Å². The van der Waals surface area contributed by atoms with Gasteiger partial charge in [0.05, 0.1) is 6.42 Å². The summed E-state index contributed by atoms with van der Waals surface area (Å²) in [6.07, 6.45) is 0.640. The van der Waals surface area contributed by atoms with E-state index in [2.05, 4.69) is 5.32 Å². The Morgan fingerprint density at radius 2 is 1.68 bits per heavy atom. The summed E-state index contributed by atoms with van der Waals surface area (Å²) < 4.78 is 0. The summed E-state index contributed by atoms with van der Waals surface area (Å²) in [6.45, 7) is 1.97. The van der Waals surface area contributed by atoms with Crippen molar-refractivity contribution in [2.45, 2.75) is 25.8 Å². The van der Waals surface area contributed by atoms with E-state index in [4.69, 9.17) is 5.73 Å². The van der Waals surface area contributed by atoms with Gasteiger partial charge in [-0.1, -0.05) is 54.6 Å². The number of amides is 2. The molecule has 0 saturated heterocycles. The lowest BCUT2D eigenvalue weighted by Gasteiger charge is -2.17. The van der Waals surface area contributed by atoms with E-state index in [1.54, 1.807) is 0 Å². The third-order valence-corrected chi connectivity index (χ3v) is 3.57. The first-order chi connectivity index (χ1) is 10.6. The maximum atomic E-state index is 12.1. The molecular weight excluding hydrogens is 276 g/mol. The number of primary amides is 1. The Balaban J connectivity index is 2.01. The highest BCUT2D eigenvalue weighted by molar-refractivity contribution is 5.87. The molecule has 0 aliphatic heterocycles. The van der Waals surface area contributed by atoms with E-state index in [0.29, 0.717) is 6.42 Å². The lowest BCUT2D eigenvalue weighted by molar-refractivity contribution is -0.127. The Bertz CT molecular complexity index is 653. The Hall–Kier alpha value is -2.62. The number of aryl methyl sites for hydroxylation is 1. The van der Waals surface area contributed by atoms with Crippen LogP contribution in [0.3, 0.4) is 0 Å². The standard InChI is InChI=1S/C18H20N2O2/c1-13-7-5-6-10-15(13)12-16(18(19)22)20-17(21)11-14-8-3-2-4-9-14/h2-10,16H,11-12H2,1H3,(H2,19,22)(H,20,21)/t16-/m0/s1. The molecule has 0 aromatic heterocycles. The second-order valence-electron chi connectivity index (χ2n) is 5.32. The van der Waals surface area contributed by atoms with Gasteiger partial charge in [-0.15, -0.1) is 0 Å². The van der Waals surface area contributed by atoms with Crippen LogP contribution >= 0.6 is 0 Å². The van der Waals surface area contributed by atoms with Gasteiger partial charge in [0.1, 0.15) is 6.04 Å². The number of nitrogens with one attached hydrogen (secondary N) is 1. The van der Waals surface area contributed by atoms with Crippen molar-refractivity contribution in [1.29, 1.82) is 0 Å². The average molecular weight is 296 g/mol. The fraction of sp³-hybridized carbons (Fsp3) is 0.222. The molecule has 0 fully saturated rings. The van der Waals surface area contributed by atoms with E-state index in [-0.39, 0.29) is 12.3 Å². The monoisotopic (exact) mass is 296 g/mol. The first-order valence-corrected chi connectivity index (χ1v) is 7.23. The number of carbonyl (C=O) groups excluding carboxylic acids is 2. The number of hydrogen-bond donors (Lipinski definition) is 2. The second-order valence-corrected chi connectivity index (χ2v) is 5.32. The number of hydrogen-bond acceptors (Lipinski definition) is 2. The molecule has 2 aromatic carbocycles. The molecule has 0 unspecified atom stereocenters. The second kappa shape index (κ2) is 7.41. The van der Waals surface area contributed by atoms with Gasteiger partial charge < -0.3 is 11.1 Å². The van der Waals surface area contributed by atoms with Gasteiger partial charge >= 0.3 is 0 Å². The Labute approximate surface area is 130 Å². The lowest BCUT2D eigenvalue weighted by atomic mass is 10.0. The van der Waals surface area contributed by atoms with Gasteiger partial charge in [0.15, 0.2) is 0 Å². The summed E-state index contributed by atoms with van der Waals surface area (Å²) in [4.78, 5) is 23.7. The highest BCUT2D eigenvalue weighted by Gasteiger charge is 2.19. The van der Waals surface area contributed by atoms with E-state index in [1.807, 2.05) is 61.5 Å². The zero-order valence-electron chi connectivity index (χ0n) is 12.6. The van der Waals surface area contributed by atoms with Gasteiger partial charge in [0, 0.05) is 6.42 Å². The molecule has 0 heterocycles. The minimum atomic E-state index is -0.697. The third kappa shape index (κ3) is 4.45. The maximum Gasteiger partial charge on any atom is 0.240 e. The van der Waals surface area contributed by atoms with Crippen LogP contribution in [-0.2, 0) is 22.4 Å². The van der Waals surface area contributed by atoms with Gasteiger partial charge in [-0.25, -0.2) is 0 Å². The fourth-order valence-corrected chi connectivity index (χ4v) is 2.31. The molecule has 4 heteroatoms. The van der Waals surface area contributed by atoms with E-state index < -0.39 is 11.9 Å².